The Bertz CT molecular complexity index is 617. The normalized spacial score (nSPS) is 42.8. The van der Waals surface area contributed by atoms with E-state index >= 15 is 0 Å². The molecule has 144 valence electrons. The molecular weight excluding hydrogens is 335 g/mol. The first-order valence-electron chi connectivity index (χ1n) is 9.85. The van der Waals surface area contributed by atoms with Crippen molar-refractivity contribution in [2.24, 2.45) is 23.7 Å². The molecule has 26 heavy (non-hydrogen) atoms. The van der Waals surface area contributed by atoms with Gasteiger partial charge in [-0.1, -0.05) is 25.5 Å². The van der Waals surface area contributed by atoms with Crippen molar-refractivity contribution in [1.82, 2.24) is 0 Å². The van der Waals surface area contributed by atoms with Crippen molar-refractivity contribution in [1.29, 1.82) is 0 Å². The van der Waals surface area contributed by atoms with Gasteiger partial charge in [0, 0.05) is 18.3 Å². The lowest BCUT2D eigenvalue weighted by atomic mass is 9.65. The Kier molecular flexibility index (Phi) is 5.08. The smallest absolute Gasteiger partial charge is 0.167 e. The molecule has 0 bridgehead atoms. The highest BCUT2D eigenvalue weighted by Crippen LogP contribution is 2.51. The molecule has 2 aliphatic heterocycles. The number of benzene rings is 1. The molecule has 0 spiro atoms. The number of hydrogen-bond donors (Lipinski definition) is 1. The van der Waals surface area contributed by atoms with Crippen LogP contribution in [0.2, 0.25) is 0 Å². The number of hydrogen-bond acceptors (Lipinski definition) is 4. The van der Waals surface area contributed by atoms with E-state index in [0.29, 0.717) is 30.8 Å². The minimum Gasteiger partial charge on any atom is -0.366 e. The number of rotatable bonds is 3. The van der Waals surface area contributed by atoms with E-state index in [2.05, 4.69) is 6.92 Å². The van der Waals surface area contributed by atoms with E-state index in [0.717, 1.165) is 18.4 Å². The molecular formula is C21H29FO4. The summed E-state index contributed by atoms with van der Waals surface area (Å²) < 4.78 is 31.3. The van der Waals surface area contributed by atoms with Gasteiger partial charge in [-0.3, -0.25) is 0 Å². The van der Waals surface area contributed by atoms with Gasteiger partial charge in [0.2, 0.25) is 0 Å². The maximum absolute atomic E-state index is 13.1. The van der Waals surface area contributed by atoms with Crippen molar-refractivity contribution in [3.63, 3.8) is 0 Å². The van der Waals surface area contributed by atoms with Crippen molar-refractivity contribution in [3.8, 4) is 0 Å². The van der Waals surface area contributed by atoms with Crippen LogP contribution < -0.4 is 0 Å². The lowest BCUT2D eigenvalue weighted by Gasteiger charge is -2.50. The van der Waals surface area contributed by atoms with E-state index in [1.807, 2.05) is 0 Å². The molecule has 0 radical (unpaired) electrons. The second kappa shape index (κ2) is 7.19. The zero-order chi connectivity index (χ0) is 18.3. The molecule has 7 atom stereocenters. The molecule has 4 nitrogen and oxygen atoms in total. The summed E-state index contributed by atoms with van der Waals surface area (Å²) in [5.74, 6) is 0.243. The Labute approximate surface area is 154 Å². The van der Waals surface area contributed by atoms with Crippen molar-refractivity contribution < 1.29 is 23.7 Å². The summed E-state index contributed by atoms with van der Waals surface area (Å²) in [5, 5.41) is 10.5. The van der Waals surface area contributed by atoms with E-state index in [1.165, 1.54) is 25.0 Å². The predicted molar refractivity (Wildman–Crippen MR) is 94.3 cm³/mol. The van der Waals surface area contributed by atoms with E-state index in [9.17, 15) is 9.50 Å². The SMILES string of the molecule is CC1C(OCc2ccc(F)cc2)OC2OC(C)(O)CCC3CCCC1C32. The maximum atomic E-state index is 13.1. The Morgan fingerprint density at radius 1 is 1.23 bits per heavy atom. The molecule has 4 rings (SSSR count). The van der Waals surface area contributed by atoms with Crippen LogP contribution in [0.4, 0.5) is 4.39 Å². The molecule has 0 aromatic heterocycles. The van der Waals surface area contributed by atoms with Gasteiger partial charge in [0.25, 0.3) is 0 Å². The Morgan fingerprint density at radius 2 is 2.00 bits per heavy atom. The van der Waals surface area contributed by atoms with Crippen LogP contribution in [-0.4, -0.2) is 23.5 Å². The topological polar surface area (TPSA) is 47.9 Å². The van der Waals surface area contributed by atoms with Gasteiger partial charge >= 0.3 is 0 Å². The average Bonchev–Trinajstić information content (AvgIpc) is 2.75. The molecule has 1 aromatic carbocycles. The van der Waals surface area contributed by atoms with Gasteiger partial charge in [-0.25, -0.2) is 4.39 Å². The predicted octanol–water partition coefficient (Wildman–Crippen LogP) is 4.21. The summed E-state index contributed by atoms with van der Waals surface area (Å²) in [5.41, 5.74) is 0.916. The lowest BCUT2D eigenvalue weighted by Crippen LogP contribution is -2.53. The first-order chi connectivity index (χ1) is 12.4. The van der Waals surface area contributed by atoms with Crippen LogP contribution in [0.25, 0.3) is 0 Å². The Hall–Kier alpha value is -1.01. The molecule has 1 aromatic rings. The number of ether oxygens (including phenoxy) is 3. The molecule has 2 heterocycles. The summed E-state index contributed by atoms with van der Waals surface area (Å²) in [4.78, 5) is 0. The van der Waals surface area contributed by atoms with Crippen LogP contribution in [-0.2, 0) is 20.8 Å². The highest BCUT2D eigenvalue weighted by molar-refractivity contribution is 5.15. The molecule has 3 aliphatic rings. The van der Waals surface area contributed by atoms with Crippen LogP contribution in [0.5, 0.6) is 0 Å². The van der Waals surface area contributed by atoms with Gasteiger partial charge in [0.05, 0.1) is 6.61 Å². The Balaban J connectivity index is 1.49. The van der Waals surface area contributed by atoms with Gasteiger partial charge < -0.3 is 19.3 Å². The van der Waals surface area contributed by atoms with Crippen molar-refractivity contribution in [2.45, 2.75) is 70.9 Å². The summed E-state index contributed by atoms with van der Waals surface area (Å²) >= 11 is 0. The Morgan fingerprint density at radius 3 is 2.77 bits per heavy atom. The second-order valence-corrected chi connectivity index (χ2v) is 8.43. The van der Waals surface area contributed by atoms with E-state index < -0.39 is 12.1 Å². The maximum Gasteiger partial charge on any atom is 0.167 e. The van der Waals surface area contributed by atoms with Gasteiger partial charge in [0.1, 0.15) is 5.82 Å². The van der Waals surface area contributed by atoms with E-state index in [1.54, 1.807) is 19.1 Å². The minimum atomic E-state index is -1.14. The van der Waals surface area contributed by atoms with E-state index in [-0.39, 0.29) is 18.0 Å². The van der Waals surface area contributed by atoms with Crippen LogP contribution in [0.1, 0.15) is 51.5 Å². The van der Waals surface area contributed by atoms with Crippen LogP contribution >= 0.6 is 0 Å². The number of aliphatic hydroxyl groups is 1. The first kappa shape index (κ1) is 18.4. The fourth-order valence-corrected chi connectivity index (χ4v) is 5.09. The summed E-state index contributed by atoms with van der Waals surface area (Å²) in [6, 6.07) is 6.35. The molecule has 0 amide bonds. The summed E-state index contributed by atoms with van der Waals surface area (Å²) in [7, 11) is 0. The third kappa shape index (κ3) is 3.68. The van der Waals surface area contributed by atoms with Crippen molar-refractivity contribution >= 4 is 0 Å². The molecule has 5 heteroatoms. The van der Waals surface area contributed by atoms with Crippen LogP contribution in [0.15, 0.2) is 24.3 Å². The quantitative estimate of drug-likeness (QED) is 0.873. The molecule has 1 aliphatic carbocycles. The van der Waals surface area contributed by atoms with Gasteiger partial charge in [-0.2, -0.15) is 0 Å². The van der Waals surface area contributed by atoms with Crippen molar-refractivity contribution in [2.75, 3.05) is 0 Å². The highest BCUT2D eigenvalue weighted by Gasteiger charge is 2.52. The zero-order valence-electron chi connectivity index (χ0n) is 15.6. The first-order valence-corrected chi connectivity index (χ1v) is 9.85. The lowest BCUT2D eigenvalue weighted by molar-refractivity contribution is -0.370. The average molecular weight is 364 g/mol. The van der Waals surface area contributed by atoms with E-state index in [4.69, 9.17) is 14.2 Å². The van der Waals surface area contributed by atoms with Crippen LogP contribution in [0, 0.1) is 29.5 Å². The molecule has 3 fully saturated rings. The monoisotopic (exact) mass is 364 g/mol. The van der Waals surface area contributed by atoms with Gasteiger partial charge in [0.15, 0.2) is 18.4 Å². The third-order valence-electron chi connectivity index (χ3n) is 6.51. The van der Waals surface area contributed by atoms with Crippen LogP contribution in [0.3, 0.4) is 0 Å². The second-order valence-electron chi connectivity index (χ2n) is 8.43. The largest absolute Gasteiger partial charge is 0.366 e. The standard InChI is InChI=1S/C21H29FO4/c1-13-17-5-3-4-15-10-11-21(2,23)26-20(18(15)17)25-19(13)24-12-14-6-8-16(22)9-7-14/h6-9,13,15,17-20,23H,3-5,10-12H2,1-2H3. The summed E-state index contributed by atoms with van der Waals surface area (Å²) in [6.07, 6.45) is 4.41. The molecule has 7 unspecified atom stereocenters. The minimum absolute atomic E-state index is 0.249. The third-order valence-corrected chi connectivity index (χ3v) is 6.51. The number of halogens is 1. The molecule has 1 N–H and O–H groups in total. The van der Waals surface area contributed by atoms with Crippen molar-refractivity contribution in [3.05, 3.63) is 35.6 Å². The molecule has 1 saturated carbocycles. The van der Waals surface area contributed by atoms with Gasteiger partial charge in [-0.05, 0) is 55.7 Å². The van der Waals surface area contributed by atoms with Gasteiger partial charge in [-0.15, -0.1) is 0 Å². The fraction of sp³-hybridized carbons (Fsp3) is 0.714. The highest BCUT2D eigenvalue weighted by atomic mass is 19.1. The summed E-state index contributed by atoms with van der Waals surface area (Å²) in [6.45, 7) is 4.30. The zero-order valence-corrected chi connectivity index (χ0v) is 15.6. The molecule has 2 saturated heterocycles. The fourth-order valence-electron chi connectivity index (χ4n) is 5.09.